The van der Waals surface area contributed by atoms with Gasteiger partial charge in [0.2, 0.25) is 0 Å². The Hall–Kier alpha value is -2.84. The molecule has 4 rings (SSSR count). The predicted molar refractivity (Wildman–Crippen MR) is 105 cm³/mol. The first-order valence-corrected chi connectivity index (χ1v) is 10.1. The average molecular weight is 403 g/mol. The Morgan fingerprint density at radius 2 is 2.00 bits per heavy atom. The number of nitrogens with one attached hydrogen (secondary N) is 1. The molecule has 7 nitrogen and oxygen atoms in total. The fourth-order valence-corrected chi connectivity index (χ4v) is 4.05. The number of fused-ring (bicyclic) bond motifs is 1. The van der Waals surface area contributed by atoms with Gasteiger partial charge in [-0.1, -0.05) is 11.6 Å². The number of amides is 1. The first-order valence-electron chi connectivity index (χ1n) is 8.15. The van der Waals surface area contributed by atoms with Crippen molar-refractivity contribution in [2.75, 3.05) is 17.6 Å². The van der Waals surface area contributed by atoms with Crippen molar-refractivity contribution >= 4 is 39.1 Å². The SMILES string of the molecule is O=C(Nc1ccc(Cl)cc1-n1cccc1)C1=CC=CN2CCS(=O)(=O)N=C12. The van der Waals surface area contributed by atoms with Gasteiger partial charge in [0, 0.05) is 30.2 Å². The van der Waals surface area contributed by atoms with Crippen LogP contribution in [0.25, 0.3) is 5.69 Å². The van der Waals surface area contributed by atoms with Crippen LogP contribution in [-0.4, -0.2) is 41.9 Å². The molecule has 27 heavy (non-hydrogen) atoms. The summed E-state index contributed by atoms with van der Waals surface area (Å²) in [4.78, 5) is 14.5. The number of aromatic nitrogens is 1. The molecule has 1 aromatic carbocycles. The molecule has 2 aliphatic rings. The monoisotopic (exact) mass is 402 g/mol. The van der Waals surface area contributed by atoms with Crippen LogP contribution in [0.4, 0.5) is 5.69 Å². The van der Waals surface area contributed by atoms with E-state index in [0.717, 1.165) is 0 Å². The maximum absolute atomic E-state index is 12.9. The van der Waals surface area contributed by atoms with Crippen LogP contribution in [0.15, 0.2) is 71.0 Å². The highest BCUT2D eigenvalue weighted by molar-refractivity contribution is 7.90. The van der Waals surface area contributed by atoms with Crippen LogP contribution < -0.4 is 5.32 Å². The summed E-state index contributed by atoms with van der Waals surface area (Å²) in [5.41, 5.74) is 1.43. The van der Waals surface area contributed by atoms with E-state index in [4.69, 9.17) is 11.6 Å². The highest BCUT2D eigenvalue weighted by atomic mass is 35.5. The van der Waals surface area contributed by atoms with E-state index in [-0.39, 0.29) is 23.7 Å². The lowest BCUT2D eigenvalue weighted by atomic mass is 10.1. The number of hydrogen-bond donors (Lipinski definition) is 1. The number of carbonyl (C=O) groups is 1. The lowest BCUT2D eigenvalue weighted by Crippen LogP contribution is -2.40. The molecular weight excluding hydrogens is 388 g/mol. The van der Waals surface area contributed by atoms with Crippen molar-refractivity contribution in [1.82, 2.24) is 9.47 Å². The molecular formula is C18H15ClN4O3S. The molecule has 0 aliphatic carbocycles. The maximum atomic E-state index is 12.9. The zero-order valence-corrected chi connectivity index (χ0v) is 15.6. The summed E-state index contributed by atoms with van der Waals surface area (Å²) in [6.07, 6.45) is 8.63. The lowest BCUT2D eigenvalue weighted by molar-refractivity contribution is -0.112. The van der Waals surface area contributed by atoms with E-state index in [9.17, 15) is 13.2 Å². The van der Waals surface area contributed by atoms with Crippen molar-refractivity contribution in [3.05, 3.63) is 71.7 Å². The summed E-state index contributed by atoms with van der Waals surface area (Å²) >= 11 is 6.10. The van der Waals surface area contributed by atoms with E-state index in [1.807, 2.05) is 29.1 Å². The number of anilines is 1. The van der Waals surface area contributed by atoms with E-state index in [0.29, 0.717) is 16.4 Å². The molecule has 138 valence electrons. The zero-order valence-electron chi connectivity index (χ0n) is 14.0. The zero-order chi connectivity index (χ0) is 19.0. The Labute approximate surface area is 161 Å². The Kier molecular flexibility index (Phi) is 4.37. The molecule has 2 aromatic rings. The summed E-state index contributed by atoms with van der Waals surface area (Å²) < 4.78 is 29.3. The van der Waals surface area contributed by atoms with Gasteiger partial charge in [-0.2, -0.15) is 0 Å². The summed E-state index contributed by atoms with van der Waals surface area (Å²) in [6.45, 7) is 0.262. The molecule has 9 heteroatoms. The number of sulfonamides is 1. The molecule has 0 saturated carbocycles. The largest absolute Gasteiger partial charge is 0.331 e. The van der Waals surface area contributed by atoms with Gasteiger partial charge < -0.3 is 14.8 Å². The fraction of sp³-hybridized carbons (Fsp3) is 0.111. The Balaban J connectivity index is 1.68. The Morgan fingerprint density at radius 3 is 2.78 bits per heavy atom. The fourth-order valence-electron chi connectivity index (χ4n) is 2.90. The van der Waals surface area contributed by atoms with Gasteiger partial charge in [-0.25, -0.2) is 8.42 Å². The molecule has 0 unspecified atom stereocenters. The second-order valence-corrected chi connectivity index (χ2v) is 8.21. The van der Waals surface area contributed by atoms with E-state index in [1.54, 1.807) is 41.5 Å². The van der Waals surface area contributed by atoms with Crippen molar-refractivity contribution < 1.29 is 13.2 Å². The molecule has 0 fully saturated rings. The second kappa shape index (κ2) is 6.71. The number of amidine groups is 1. The number of allylic oxidation sites excluding steroid dienone is 2. The summed E-state index contributed by atoms with van der Waals surface area (Å²) in [5.74, 6) is -0.390. The number of hydrogen-bond acceptors (Lipinski definition) is 4. The normalized spacial score (nSPS) is 17.7. The highest BCUT2D eigenvalue weighted by Crippen LogP contribution is 2.26. The molecule has 0 bridgehead atoms. The van der Waals surface area contributed by atoms with Crippen molar-refractivity contribution in [1.29, 1.82) is 0 Å². The molecule has 2 aliphatic heterocycles. The number of halogens is 1. The molecule has 1 aromatic heterocycles. The van der Waals surface area contributed by atoms with Gasteiger partial charge in [-0.05, 0) is 42.5 Å². The van der Waals surface area contributed by atoms with Crippen molar-refractivity contribution in [3.8, 4) is 5.69 Å². The minimum Gasteiger partial charge on any atom is -0.331 e. The van der Waals surface area contributed by atoms with E-state index < -0.39 is 15.9 Å². The van der Waals surface area contributed by atoms with Gasteiger partial charge in [-0.15, -0.1) is 4.40 Å². The molecule has 0 saturated heterocycles. The first-order chi connectivity index (χ1) is 12.9. The third-order valence-electron chi connectivity index (χ3n) is 4.19. The van der Waals surface area contributed by atoms with Gasteiger partial charge in [-0.3, -0.25) is 4.79 Å². The molecule has 1 N–H and O–H groups in total. The molecule has 0 radical (unpaired) electrons. The molecule has 0 spiro atoms. The van der Waals surface area contributed by atoms with Crippen LogP contribution >= 0.6 is 11.6 Å². The van der Waals surface area contributed by atoms with Crippen molar-refractivity contribution in [2.24, 2.45) is 4.40 Å². The molecule has 1 amide bonds. The Bertz CT molecular complexity index is 1100. The van der Waals surface area contributed by atoms with E-state index in [2.05, 4.69) is 9.71 Å². The van der Waals surface area contributed by atoms with Crippen molar-refractivity contribution in [3.63, 3.8) is 0 Å². The maximum Gasteiger partial charge on any atom is 0.259 e. The van der Waals surface area contributed by atoms with Crippen LogP contribution in [-0.2, 0) is 14.8 Å². The van der Waals surface area contributed by atoms with E-state index in [1.165, 1.54) is 0 Å². The lowest BCUT2D eigenvalue weighted by Gasteiger charge is -2.28. The van der Waals surface area contributed by atoms with Gasteiger partial charge >= 0.3 is 0 Å². The minimum atomic E-state index is -3.57. The van der Waals surface area contributed by atoms with Crippen LogP contribution in [0.1, 0.15) is 0 Å². The number of nitrogens with zero attached hydrogens (tertiary/aromatic N) is 3. The Morgan fingerprint density at radius 1 is 1.22 bits per heavy atom. The van der Waals surface area contributed by atoms with Crippen LogP contribution in [0.2, 0.25) is 5.02 Å². The quantitative estimate of drug-likeness (QED) is 0.855. The molecule has 0 atom stereocenters. The second-order valence-electron chi connectivity index (χ2n) is 6.02. The minimum absolute atomic E-state index is 0.0787. The highest BCUT2D eigenvalue weighted by Gasteiger charge is 2.30. The number of benzene rings is 1. The van der Waals surface area contributed by atoms with E-state index >= 15 is 0 Å². The summed E-state index contributed by atoms with van der Waals surface area (Å²) in [5, 5.41) is 3.37. The third kappa shape index (κ3) is 3.54. The topological polar surface area (TPSA) is 83.8 Å². The number of rotatable bonds is 3. The van der Waals surface area contributed by atoms with Gasteiger partial charge in [0.1, 0.15) is 0 Å². The van der Waals surface area contributed by atoms with Crippen LogP contribution in [0.3, 0.4) is 0 Å². The van der Waals surface area contributed by atoms with Gasteiger partial charge in [0.05, 0.1) is 22.7 Å². The summed E-state index contributed by atoms with van der Waals surface area (Å²) in [6, 6.07) is 8.84. The first kappa shape index (κ1) is 17.6. The van der Waals surface area contributed by atoms with Gasteiger partial charge in [0.15, 0.2) is 5.84 Å². The predicted octanol–water partition coefficient (Wildman–Crippen LogP) is 2.57. The standard InChI is InChI=1S/C18H15ClN4O3S/c19-13-5-6-15(16(12-13)22-7-1-2-8-22)20-18(24)14-4-3-9-23-10-11-27(25,26)21-17(14)23/h1-9,12H,10-11H2,(H,20,24). The van der Waals surface area contributed by atoms with Gasteiger partial charge in [0.25, 0.3) is 15.9 Å². The number of carbonyl (C=O) groups excluding carboxylic acids is 1. The average Bonchev–Trinajstić information content (AvgIpc) is 3.16. The van der Waals surface area contributed by atoms with Crippen molar-refractivity contribution in [2.45, 2.75) is 0 Å². The van der Waals surface area contributed by atoms with Crippen LogP contribution in [0, 0.1) is 0 Å². The summed E-state index contributed by atoms with van der Waals surface area (Å²) in [7, 11) is -3.57. The molecule has 3 heterocycles. The third-order valence-corrected chi connectivity index (χ3v) is 5.58. The smallest absolute Gasteiger partial charge is 0.259 e. The van der Waals surface area contributed by atoms with Crippen LogP contribution in [0.5, 0.6) is 0 Å².